The van der Waals surface area contributed by atoms with Crippen molar-refractivity contribution in [2.24, 2.45) is 0 Å². The van der Waals surface area contributed by atoms with Gasteiger partial charge < -0.3 is 15.4 Å². The summed E-state index contributed by atoms with van der Waals surface area (Å²) in [5.41, 5.74) is 2.39. The first-order valence-corrected chi connectivity index (χ1v) is 14.3. The Morgan fingerprint density at radius 2 is 1.74 bits per heavy atom. The Morgan fingerprint density at radius 1 is 1.05 bits per heavy atom. The Hall–Kier alpha value is -3.51. The maximum Gasteiger partial charge on any atom is 0.307 e. The van der Waals surface area contributed by atoms with Gasteiger partial charge in [-0.2, -0.15) is 12.7 Å². The number of nitrogens with one attached hydrogen (secondary N) is 2. The third-order valence-electron chi connectivity index (χ3n) is 6.57. The molecule has 1 saturated heterocycles. The molecule has 208 valence electrons. The van der Waals surface area contributed by atoms with E-state index in [1.807, 2.05) is 19.1 Å². The fourth-order valence-corrected chi connectivity index (χ4v) is 5.30. The van der Waals surface area contributed by atoms with Crippen molar-refractivity contribution in [3.63, 3.8) is 0 Å². The van der Waals surface area contributed by atoms with E-state index in [-0.39, 0.29) is 5.70 Å². The van der Waals surface area contributed by atoms with Gasteiger partial charge in [-0.3, -0.25) is 14.5 Å². The third kappa shape index (κ3) is 6.93. The van der Waals surface area contributed by atoms with Crippen LogP contribution in [0.1, 0.15) is 27.9 Å². The molecule has 39 heavy (non-hydrogen) atoms. The number of morpholine rings is 1. The quantitative estimate of drug-likeness (QED) is 0.294. The molecule has 0 atom stereocenters. The average molecular weight is 554 g/mol. The molecule has 11 heteroatoms. The van der Waals surface area contributed by atoms with Crippen LogP contribution in [0.4, 0.5) is 0 Å². The molecule has 3 aromatic rings. The molecule has 0 aliphatic carbocycles. The van der Waals surface area contributed by atoms with Gasteiger partial charge in [-0.05, 0) is 44.2 Å². The van der Waals surface area contributed by atoms with Crippen molar-refractivity contribution >= 4 is 39.0 Å². The number of amides is 2. The lowest BCUT2D eigenvalue weighted by atomic mass is 10.1. The molecule has 1 aliphatic rings. The number of carbonyl (C=O) groups excluding carboxylic acids is 2. The Balaban J connectivity index is 1.62. The number of rotatable bonds is 10. The van der Waals surface area contributed by atoms with Gasteiger partial charge in [-0.25, -0.2) is 3.97 Å². The van der Waals surface area contributed by atoms with Crippen molar-refractivity contribution in [3.05, 3.63) is 77.1 Å². The summed E-state index contributed by atoms with van der Waals surface area (Å²) >= 11 is 0. The van der Waals surface area contributed by atoms with E-state index in [0.717, 1.165) is 35.9 Å². The van der Waals surface area contributed by atoms with Gasteiger partial charge in [0, 0.05) is 56.4 Å². The highest BCUT2D eigenvalue weighted by molar-refractivity contribution is 7.87. The highest BCUT2D eigenvalue weighted by Crippen LogP contribution is 2.25. The van der Waals surface area contributed by atoms with E-state index in [0.29, 0.717) is 41.8 Å². The van der Waals surface area contributed by atoms with Crippen molar-refractivity contribution < 1.29 is 22.7 Å². The van der Waals surface area contributed by atoms with Crippen LogP contribution in [0.2, 0.25) is 0 Å². The maximum atomic E-state index is 13.3. The molecule has 0 saturated carbocycles. The SMILES string of the molecule is Cc1ccc(C(=O)N/C(=C\c2cn(S(=O)(=O)N(C)C)c3ccccc23)C(=O)NCCCN2CCOCC2)cc1. The zero-order valence-electron chi connectivity index (χ0n) is 22.5. The van der Waals surface area contributed by atoms with Gasteiger partial charge >= 0.3 is 10.2 Å². The summed E-state index contributed by atoms with van der Waals surface area (Å²) < 4.78 is 33.6. The molecule has 1 aliphatic heterocycles. The lowest BCUT2D eigenvalue weighted by Crippen LogP contribution is -2.39. The number of aromatic nitrogens is 1. The van der Waals surface area contributed by atoms with Gasteiger partial charge in [0.25, 0.3) is 11.8 Å². The molecular weight excluding hydrogens is 518 g/mol. The number of benzene rings is 2. The van der Waals surface area contributed by atoms with Crippen LogP contribution in [0.25, 0.3) is 17.0 Å². The summed E-state index contributed by atoms with van der Waals surface area (Å²) in [4.78, 5) is 28.6. The van der Waals surface area contributed by atoms with E-state index < -0.39 is 22.0 Å². The molecule has 10 nitrogen and oxygen atoms in total. The minimum atomic E-state index is -3.82. The van der Waals surface area contributed by atoms with Gasteiger partial charge in [0.1, 0.15) is 5.70 Å². The lowest BCUT2D eigenvalue weighted by molar-refractivity contribution is -0.117. The molecule has 0 radical (unpaired) electrons. The Bertz CT molecular complexity index is 1460. The van der Waals surface area contributed by atoms with Crippen LogP contribution in [0, 0.1) is 6.92 Å². The maximum absolute atomic E-state index is 13.3. The van der Waals surface area contributed by atoms with Gasteiger partial charge in [0.15, 0.2) is 0 Å². The van der Waals surface area contributed by atoms with Crippen LogP contribution in [0.3, 0.4) is 0 Å². The lowest BCUT2D eigenvalue weighted by Gasteiger charge is -2.26. The zero-order chi connectivity index (χ0) is 28.0. The van der Waals surface area contributed by atoms with Crippen LogP contribution in [-0.2, 0) is 19.7 Å². The smallest absolute Gasteiger partial charge is 0.307 e. The highest BCUT2D eigenvalue weighted by Gasteiger charge is 2.22. The molecular formula is C28H35N5O5S. The van der Waals surface area contributed by atoms with E-state index in [1.165, 1.54) is 30.3 Å². The highest BCUT2D eigenvalue weighted by atomic mass is 32.2. The van der Waals surface area contributed by atoms with E-state index in [9.17, 15) is 18.0 Å². The molecule has 2 N–H and O–H groups in total. The van der Waals surface area contributed by atoms with E-state index in [2.05, 4.69) is 15.5 Å². The summed E-state index contributed by atoms with van der Waals surface area (Å²) in [7, 11) is -0.907. The first kappa shape index (κ1) is 28.5. The van der Waals surface area contributed by atoms with E-state index >= 15 is 0 Å². The molecule has 1 aromatic heterocycles. The van der Waals surface area contributed by atoms with Gasteiger partial charge in [0.2, 0.25) is 0 Å². The second-order valence-electron chi connectivity index (χ2n) is 9.63. The monoisotopic (exact) mass is 553 g/mol. The normalized spacial score (nSPS) is 15.0. The summed E-state index contributed by atoms with van der Waals surface area (Å²) in [6.45, 7) is 6.33. The van der Waals surface area contributed by atoms with Crippen molar-refractivity contribution in [1.29, 1.82) is 0 Å². The molecule has 1 fully saturated rings. The summed E-state index contributed by atoms with van der Waals surface area (Å²) in [6, 6.07) is 14.1. The first-order chi connectivity index (χ1) is 18.7. The predicted molar refractivity (Wildman–Crippen MR) is 151 cm³/mol. The number of hydrogen-bond acceptors (Lipinski definition) is 6. The van der Waals surface area contributed by atoms with Gasteiger partial charge in [-0.15, -0.1) is 0 Å². The molecule has 0 spiro atoms. The van der Waals surface area contributed by atoms with Gasteiger partial charge in [0.05, 0.1) is 18.7 Å². The Morgan fingerprint density at radius 3 is 2.44 bits per heavy atom. The molecule has 2 amide bonds. The number of fused-ring (bicyclic) bond motifs is 1. The second-order valence-corrected chi connectivity index (χ2v) is 11.6. The van der Waals surface area contributed by atoms with Gasteiger partial charge in [-0.1, -0.05) is 35.9 Å². The average Bonchev–Trinajstić information content (AvgIpc) is 3.30. The molecule has 0 unspecified atom stereocenters. The Kier molecular flexibility index (Phi) is 9.18. The molecule has 2 heterocycles. The van der Waals surface area contributed by atoms with Crippen LogP contribution < -0.4 is 10.6 Å². The number of nitrogens with zero attached hydrogens (tertiary/aromatic N) is 3. The number of carbonyl (C=O) groups is 2. The standard InChI is InChI=1S/C28H35N5O5S/c1-21-9-11-22(12-10-21)27(34)30-25(28(35)29-13-6-14-32-15-17-38-18-16-32)19-23-20-33(39(36,37)31(2)3)26-8-5-4-7-24(23)26/h4-5,7-12,19-20H,6,13-18H2,1-3H3,(H,29,35)(H,30,34)/b25-19-. The predicted octanol–water partition coefficient (Wildman–Crippen LogP) is 2.21. The fraction of sp³-hybridized carbons (Fsp3) is 0.357. The number of aryl methyl sites for hydroxylation is 1. The van der Waals surface area contributed by atoms with Crippen LogP contribution in [0.15, 0.2) is 60.4 Å². The molecule has 0 bridgehead atoms. The number of hydrogen-bond donors (Lipinski definition) is 2. The van der Waals surface area contributed by atoms with Crippen molar-refractivity contribution in [2.75, 3.05) is 53.5 Å². The minimum Gasteiger partial charge on any atom is -0.379 e. The molecule has 4 rings (SSSR count). The first-order valence-electron chi connectivity index (χ1n) is 12.9. The largest absolute Gasteiger partial charge is 0.379 e. The topological polar surface area (TPSA) is 113 Å². The van der Waals surface area contributed by atoms with E-state index in [1.54, 1.807) is 36.4 Å². The van der Waals surface area contributed by atoms with Crippen molar-refractivity contribution in [3.8, 4) is 0 Å². The number of ether oxygens (including phenoxy) is 1. The van der Waals surface area contributed by atoms with Crippen LogP contribution >= 0.6 is 0 Å². The minimum absolute atomic E-state index is 0.0251. The van der Waals surface area contributed by atoms with Crippen molar-refractivity contribution in [1.82, 2.24) is 23.8 Å². The van der Waals surface area contributed by atoms with E-state index in [4.69, 9.17) is 4.74 Å². The summed E-state index contributed by atoms with van der Waals surface area (Å²) in [5.74, 6) is -0.890. The van der Waals surface area contributed by atoms with Crippen LogP contribution in [0.5, 0.6) is 0 Å². The summed E-state index contributed by atoms with van der Waals surface area (Å²) in [5, 5.41) is 6.27. The second kappa shape index (κ2) is 12.6. The fourth-order valence-electron chi connectivity index (χ4n) is 4.30. The van der Waals surface area contributed by atoms with Crippen molar-refractivity contribution in [2.45, 2.75) is 13.3 Å². The summed E-state index contributed by atoms with van der Waals surface area (Å²) in [6.07, 6.45) is 3.72. The Labute approximate surface area is 229 Å². The number of para-hydroxylation sites is 1. The zero-order valence-corrected chi connectivity index (χ0v) is 23.3. The van der Waals surface area contributed by atoms with Crippen LogP contribution in [-0.4, -0.2) is 86.9 Å². The third-order valence-corrected chi connectivity index (χ3v) is 8.29. The molecule has 2 aromatic carbocycles.